The third-order valence-electron chi connectivity index (χ3n) is 2.91. The molecule has 0 aromatic carbocycles. The molecule has 0 spiro atoms. The first-order valence-electron chi connectivity index (χ1n) is 5.68. The van der Waals surface area contributed by atoms with Gasteiger partial charge in [0.1, 0.15) is 9.84 Å². The Kier molecular flexibility index (Phi) is 6.44. The highest BCUT2D eigenvalue weighted by Gasteiger charge is 2.19. The van der Waals surface area contributed by atoms with E-state index < -0.39 is 9.84 Å². The summed E-state index contributed by atoms with van der Waals surface area (Å²) in [6.45, 7) is 7.57. The largest absolute Gasteiger partial charge is 0.393 e. The monoisotopic (exact) mass is 236 g/mol. The Labute approximate surface area is 93.8 Å². The molecule has 0 saturated carbocycles. The van der Waals surface area contributed by atoms with E-state index in [2.05, 4.69) is 13.8 Å². The van der Waals surface area contributed by atoms with E-state index in [1.54, 1.807) is 13.8 Å². The maximum Gasteiger partial charge on any atom is 0.150 e. The summed E-state index contributed by atoms with van der Waals surface area (Å²) in [4.78, 5) is 0. The molecule has 0 fully saturated rings. The highest BCUT2D eigenvalue weighted by Crippen LogP contribution is 2.21. The van der Waals surface area contributed by atoms with E-state index in [0.717, 1.165) is 6.42 Å². The minimum Gasteiger partial charge on any atom is -0.393 e. The van der Waals surface area contributed by atoms with E-state index >= 15 is 0 Å². The van der Waals surface area contributed by atoms with Gasteiger partial charge in [0.05, 0.1) is 11.9 Å². The quantitative estimate of drug-likeness (QED) is 0.734. The number of rotatable bonds is 7. The van der Waals surface area contributed by atoms with E-state index in [9.17, 15) is 13.5 Å². The maximum atomic E-state index is 11.3. The van der Waals surface area contributed by atoms with Crippen LogP contribution in [0.4, 0.5) is 0 Å². The van der Waals surface area contributed by atoms with Gasteiger partial charge in [-0.15, -0.1) is 0 Å². The van der Waals surface area contributed by atoms with Crippen LogP contribution in [0.2, 0.25) is 0 Å². The maximum absolute atomic E-state index is 11.3. The fraction of sp³-hybridized carbons (Fsp3) is 1.00. The average Bonchev–Trinajstić information content (AvgIpc) is 2.11. The van der Waals surface area contributed by atoms with Gasteiger partial charge in [0.15, 0.2) is 0 Å². The molecule has 0 heterocycles. The molecule has 2 atom stereocenters. The summed E-state index contributed by atoms with van der Waals surface area (Å²) in [5, 5.41) is 9.52. The Morgan fingerprint density at radius 1 is 1.20 bits per heavy atom. The van der Waals surface area contributed by atoms with Crippen LogP contribution in [0.25, 0.3) is 0 Å². The number of sulfone groups is 1. The van der Waals surface area contributed by atoms with Crippen molar-refractivity contribution in [1.82, 2.24) is 0 Å². The molecule has 0 aliphatic heterocycles. The van der Waals surface area contributed by atoms with Crippen LogP contribution in [0.15, 0.2) is 0 Å². The van der Waals surface area contributed by atoms with Gasteiger partial charge in [0, 0.05) is 5.75 Å². The molecular weight excluding hydrogens is 212 g/mol. The van der Waals surface area contributed by atoms with E-state index in [0.29, 0.717) is 12.3 Å². The van der Waals surface area contributed by atoms with Crippen molar-refractivity contribution in [3.8, 4) is 0 Å². The van der Waals surface area contributed by atoms with E-state index in [-0.39, 0.29) is 23.5 Å². The average molecular weight is 236 g/mol. The molecule has 0 rings (SSSR count). The van der Waals surface area contributed by atoms with Crippen LogP contribution >= 0.6 is 0 Å². The lowest BCUT2D eigenvalue weighted by atomic mass is 9.87. The molecule has 0 aliphatic carbocycles. The minimum absolute atomic E-state index is 0.206. The molecule has 0 radical (unpaired) electrons. The van der Waals surface area contributed by atoms with Crippen molar-refractivity contribution < 1.29 is 13.5 Å². The second kappa shape index (κ2) is 6.48. The highest BCUT2D eigenvalue weighted by atomic mass is 32.2. The molecule has 15 heavy (non-hydrogen) atoms. The summed E-state index contributed by atoms with van der Waals surface area (Å²) < 4.78 is 22.5. The molecular formula is C11H24O3S. The van der Waals surface area contributed by atoms with Crippen molar-refractivity contribution in [1.29, 1.82) is 0 Å². The van der Waals surface area contributed by atoms with E-state index in [4.69, 9.17) is 0 Å². The third-order valence-corrected chi connectivity index (χ3v) is 4.70. The van der Waals surface area contributed by atoms with Crippen LogP contribution in [0.1, 0.15) is 40.5 Å². The summed E-state index contributed by atoms with van der Waals surface area (Å²) in [6.07, 6.45) is 1.09. The Balaban J connectivity index is 4.03. The first-order chi connectivity index (χ1) is 6.80. The smallest absolute Gasteiger partial charge is 0.150 e. The van der Waals surface area contributed by atoms with Gasteiger partial charge in [-0.1, -0.05) is 20.8 Å². The van der Waals surface area contributed by atoms with Gasteiger partial charge >= 0.3 is 0 Å². The molecule has 0 aromatic heterocycles. The Bertz CT molecular complexity index is 247. The lowest BCUT2D eigenvalue weighted by Crippen LogP contribution is -2.23. The van der Waals surface area contributed by atoms with Crippen LogP contribution in [-0.2, 0) is 9.84 Å². The van der Waals surface area contributed by atoms with Crippen molar-refractivity contribution in [2.24, 2.45) is 11.8 Å². The van der Waals surface area contributed by atoms with E-state index in [1.807, 2.05) is 0 Å². The second-order valence-corrected chi connectivity index (χ2v) is 7.00. The Hall–Kier alpha value is -0.0900. The van der Waals surface area contributed by atoms with Crippen molar-refractivity contribution in [3.63, 3.8) is 0 Å². The first-order valence-corrected chi connectivity index (χ1v) is 7.50. The van der Waals surface area contributed by atoms with Crippen molar-refractivity contribution in [3.05, 3.63) is 0 Å². The third kappa shape index (κ3) is 6.15. The normalized spacial score (nSPS) is 16.7. The lowest BCUT2D eigenvalue weighted by molar-refractivity contribution is 0.0915. The molecule has 4 heteroatoms. The zero-order valence-corrected chi connectivity index (χ0v) is 11.0. The highest BCUT2D eigenvalue weighted by molar-refractivity contribution is 7.91. The fourth-order valence-electron chi connectivity index (χ4n) is 1.81. The number of hydrogen-bond acceptors (Lipinski definition) is 3. The van der Waals surface area contributed by atoms with Crippen molar-refractivity contribution in [2.45, 2.75) is 46.6 Å². The summed E-state index contributed by atoms with van der Waals surface area (Å²) in [7, 11) is -2.85. The summed E-state index contributed by atoms with van der Waals surface area (Å²) >= 11 is 0. The van der Waals surface area contributed by atoms with Gasteiger partial charge in [0.2, 0.25) is 0 Å². The Morgan fingerprint density at radius 3 is 2.07 bits per heavy atom. The number of aliphatic hydroxyl groups is 1. The lowest BCUT2D eigenvalue weighted by Gasteiger charge is -2.23. The topological polar surface area (TPSA) is 54.4 Å². The van der Waals surface area contributed by atoms with Gasteiger partial charge in [-0.3, -0.25) is 0 Å². The summed E-state index contributed by atoms with van der Waals surface area (Å²) in [5.74, 6) is 1.07. The predicted octanol–water partition coefficient (Wildman–Crippen LogP) is 1.85. The molecule has 0 bridgehead atoms. The van der Waals surface area contributed by atoms with E-state index in [1.165, 1.54) is 0 Å². The van der Waals surface area contributed by atoms with Gasteiger partial charge in [0.25, 0.3) is 0 Å². The number of hydrogen-bond donors (Lipinski definition) is 1. The first kappa shape index (κ1) is 14.9. The fourth-order valence-corrected chi connectivity index (χ4v) is 2.71. The van der Waals surface area contributed by atoms with Crippen molar-refractivity contribution in [2.75, 3.05) is 11.5 Å². The molecule has 0 amide bonds. The van der Waals surface area contributed by atoms with Gasteiger partial charge in [-0.05, 0) is 31.6 Å². The molecule has 2 unspecified atom stereocenters. The van der Waals surface area contributed by atoms with Crippen LogP contribution in [-0.4, -0.2) is 31.1 Å². The summed E-state index contributed by atoms with van der Waals surface area (Å²) in [6, 6.07) is 0. The standard InChI is InChI=1S/C11H24O3S/c1-5-15(13,14)8-6-7-11(9(2)3)10(4)12/h9-12H,5-8H2,1-4H3. The van der Waals surface area contributed by atoms with Crippen LogP contribution in [0, 0.1) is 11.8 Å². The molecule has 3 nitrogen and oxygen atoms in total. The second-order valence-electron chi connectivity index (χ2n) is 4.53. The zero-order chi connectivity index (χ0) is 12.1. The van der Waals surface area contributed by atoms with Crippen LogP contribution < -0.4 is 0 Å². The molecule has 0 aliphatic rings. The Morgan fingerprint density at radius 2 is 1.73 bits per heavy atom. The minimum atomic E-state index is -2.85. The molecule has 92 valence electrons. The van der Waals surface area contributed by atoms with Gasteiger partial charge in [-0.25, -0.2) is 8.42 Å². The summed E-state index contributed by atoms with van der Waals surface area (Å²) in [5.41, 5.74) is 0. The SMILES string of the molecule is CCS(=O)(=O)CCCC(C(C)C)C(C)O. The molecule has 0 saturated heterocycles. The number of aliphatic hydroxyl groups excluding tert-OH is 1. The van der Waals surface area contributed by atoms with Crippen LogP contribution in [0.5, 0.6) is 0 Å². The predicted molar refractivity (Wildman–Crippen MR) is 63.6 cm³/mol. The van der Waals surface area contributed by atoms with Gasteiger partial charge in [-0.2, -0.15) is 0 Å². The zero-order valence-electron chi connectivity index (χ0n) is 10.2. The van der Waals surface area contributed by atoms with Crippen LogP contribution in [0.3, 0.4) is 0 Å². The van der Waals surface area contributed by atoms with Crippen molar-refractivity contribution >= 4 is 9.84 Å². The van der Waals surface area contributed by atoms with Gasteiger partial charge < -0.3 is 5.11 Å². The molecule has 1 N–H and O–H groups in total. The molecule has 0 aromatic rings.